The molecule has 5 nitrogen and oxygen atoms in total. The van der Waals surface area contributed by atoms with Crippen LogP contribution in [0, 0.1) is 10.1 Å². The third-order valence-electron chi connectivity index (χ3n) is 1.80. The first-order valence-electron chi connectivity index (χ1n) is 5.04. The lowest BCUT2D eigenvalue weighted by atomic mass is 10.1. The fraction of sp³-hybridized carbons (Fsp3) is 0.364. The predicted octanol–water partition coefficient (Wildman–Crippen LogP) is 2.99. The molecule has 1 aromatic carbocycles. The number of methoxy groups -OCH3 is 1. The van der Waals surface area contributed by atoms with E-state index in [1.807, 2.05) is 13.8 Å². The molecule has 0 amide bonds. The minimum Gasteiger partial charge on any atom is -0.469 e. The summed E-state index contributed by atoms with van der Waals surface area (Å²) in [7, 11) is 1.24. The zero-order chi connectivity index (χ0) is 13.4. The van der Waals surface area contributed by atoms with Gasteiger partial charge in [0.2, 0.25) is 0 Å². The molecule has 0 aromatic heterocycles. The molecule has 0 radical (unpaired) electrons. The average Bonchev–Trinajstić information content (AvgIpc) is 2.34. The third-order valence-corrected chi connectivity index (χ3v) is 2.17. The molecule has 0 unspecified atom stereocenters. The molecule has 0 aliphatic heterocycles. The number of non-ortho nitro benzene ring substituents is 1. The number of hydrogen-bond acceptors (Lipinski definition) is 4. The molecule has 94 valence electrons. The molecule has 0 bridgehead atoms. The topological polar surface area (TPSA) is 69.4 Å². The van der Waals surface area contributed by atoms with Crippen molar-refractivity contribution in [3.8, 4) is 0 Å². The van der Waals surface area contributed by atoms with Crippen LogP contribution in [0.5, 0.6) is 0 Å². The number of carbonyl (C=O) groups excluding carboxylic acids is 1. The van der Waals surface area contributed by atoms with Gasteiger partial charge in [-0.15, -0.1) is 0 Å². The molecular weight excluding hydrogens is 246 g/mol. The van der Waals surface area contributed by atoms with E-state index in [1.54, 1.807) is 0 Å². The van der Waals surface area contributed by atoms with Crippen LogP contribution in [0.25, 0.3) is 0 Å². The van der Waals surface area contributed by atoms with Crippen LogP contribution in [0.4, 0.5) is 5.69 Å². The molecule has 0 spiro atoms. The normalized spacial score (nSPS) is 8.94. The number of nitro benzene ring substituents is 1. The summed E-state index contributed by atoms with van der Waals surface area (Å²) in [6.45, 7) is 4.00. The Morgan fingerprint density at radius 2 is 2.06 bits per heavy atom. The summed E-state index contributed by atoms with van der Waals surface area (Å²) >= 11 is 5.77. The van der Waals surface area contributed by atoms with Gasteiger partial charge >= 0.3 is 5.97 Å². The summed E-state index contributed by atoms with van der Waals surface area (Å²) in [5, 5.41) is 10.8. The summed E-state index contributed by atoms with van der Waals surface area (Å²) in [5.74, 6) is -0.489. The number of nitro groups is 1. The van der Waals surface area contributed by atoms with Crippen LogP contribution in [-0.2, 0) is 16.0 Å². The zero-order valence-corrected chi connectivity index (χ0v) is 10.7. The van der Waals surface area contributed by atoms with Crippen molar-refractivity contribution in [3.63, 3.8) is 0 Å². The Hall–Kier alpha value is -1.62. The summed E-state index contributed by atoms with van der Waals surface area (Å²) in [5.41, 5.74) is 0.288. The standard InChI is InChI=1S/C9H8ClNO4.C2H6/c1-15-9(12)5-6-4-7(11(13)14)2-3-8(6)10;1-2/h2-4H,5H2,1H3;1-2H3. The maximum atomic E-state index is 11.0. The molecule has 0 fully saturated rings. The number of ether oxygens (including phenoxy) is 1. The summed E-state index contributed by atoms with van der Waals surface area (Å²) in [6.07, 6.45) is -0.0724. The number of benzene rings is 1. The van der Waals surface area contributed by atoms with Crippen molar-refractivity contribution >= 4 is 23.3 Å². The van der Waals surface area contributed by atoms with Gasteiger partial charge in [-0.2, -0.15) is 0 Å². The van der Waals surface area contributed by atoms with Gasteiger partial charge in [0.05, 0.1) is 18.5 Å². The van der Waals surface area contributed by atoms with Gasteiger partial charge in [0.25, 0.3) is 5.69 Å². The second-order valence-electron chi connectivity index (χ2n) is 2.79. The molecule has 17 heavy (non-hydrogen) atoms. The lowest BCUT2D eigenvalue weighted by Gasteiger charge is -2.02. The zero-order valence-electron chi connectivity index (χ0n) is 9.90. The summed E-state index contributed by atoms with van der Waals surface area (Å²) in [4.78, 5) is 20.9. The van der Waals surface area contributed by atoms with Crippen molar-refractivity contribution in [3.05, 3.63) is 38.9 Å². The Balaban J connectivity index is 0.00000121. The quantitative estimate of drug-likeness (QED) is 0.475. The van der Waals surface area contributed by atoms with Gasteiger partial charge in [-0.3, -0.25) is 14.9 Å². The highest BCUT2D eigenvalue weighted by Crippen LogP contribution is 2.22. The summed E-state index contributed by atoms with van der Waals surface area (Å²) in [6, 6.07) is 3.93. The summed E-state index contributed by atoms with van der Waals surface area (Å²) < 4.78 is 4.44. The molecule has 0 heterocycles. The monoisotopic (exact) mass is 259 g/mol. The van der Waals surface area contributed by atoms with Gasteiger partial charge in [0.1, 0.15) is 0 Å². The largest absolute Gasteiger partial charge is 0.469 e. The molecule has 0 aliphatic carbocycles. The van der Waals surface area contributed by atoms with Gasteiger partial charge in [-0.25, -0.2) is 0 Å². The molecule has 1 rings (SSSR count). The maximum Gasteiger partial charge on any atom is 0.310 e. The smallest absolute Gasteiger partial charge is 0.310 e. The Kier molecular flexibility index (Phi) is 6.89. The average molecular weight is 260 g/mol. The number of nitrogens with zero attached hydrogens (tertiary/aromatic N) is 1. The highest BCUT2D eigenvalue weighted by atomic mass is 35.5. The SMILES string of the molecule is CC.COC(=O)Cc1cc([N+](=O)[O-])ccc1Cl. The molecule has 0 saturated carbocycles. The van der Waals surface area contributed by atoms with Crippen molar-refractivity contribution in [1.29, 1.82) is 0 Å². The molecular formula is C11H14ClNO4. The third kappa shape index (κ3) is 4.82. The van der Waals surface area contributed by atoms with Crippen molar-refractivity contribution < 1.29 is 14.5 Å². The Labute approximate surface area is 104 Å². The van der Waals surface area contributed by atoms with E-state index in [-0.39, 0.29) is 12.1 Å². The molecule has 0 N–H and O–H groups in total. The lowest BCUT2D eigenvalue weighted by Crippen LogP contribution is -2.05. The van der Waals surface area contributed by atoms with Gasteiger partial charge < -0.3 is 4.74 Å². The fourth-order valence-electron chi connectivity index (χ4n) is 1.04. The lowest BCUT2D eigenvalue weighted by molar-refractivity contribution is -0.384. The number of halogens is 1. The Bertz CT molecular complexity index is 406. The first kappa shape index (κ1) is 15.4. The van der Waals surface area contributed by atoms with Crippen LogP contribution in [0.15, 0.2) is 18.2 Å². The van der Waals surface area contributed by atoms with E-state index in [0.29, 0.717) is 10.6 Å². The van der Waals surface area contributed by atoms with E-state index >= 15 is 0 Å². The number of rotatable bonds is 3. The van der Waals surface area contributed by atoms with Crippen molar-refractivity contribution in [2.45, 2.75) is 20.3 Å². The van der Waals surface area contributed by atoms with E-state index in [0.717, 1.165) is 0 Å². The molecule has 0 saturated heterocycles. The van der Waals surface area contributed by atoms with Crippen molar-refractivity contribution in [1.82, 2.24) is 0 Å². The molecule has 6 heteroatoms. The van der Waals surface area contributed by atoms with E-state index in [9.17, 15) is 14.9 Å². The second kappa shape index (κ2) is 7.62. The van der Waals surface area contributed by atoms with Crippen LogP contribution in [0.2, 0.25) is 5.02 Å². The highest BCUT2D eigenvalue weighted by molar-refractivity contribution is 6.31. The Morgan fingerprint density at radius 3 is 2.53 bits per heavy atom. The van der Waals surface area contributed by atoms with Gasteiger partial charge in [-0.1, -0.05) is 25.4 Å². The van der Waals surface area contributed by atoms with Crippen LogP contribution in [-0.4, -0.2) is 18.0 Å². The molecule has 0 aliphatic rings. The second-order valence-corrected chi connectivity index (χ2v) is 3.19. The van der Waals surface area contributed by atoms with Crippen LogP contribution in [0.1, 0.15) is 19.4 Å². The minimum absolute atomic E-state index is 0.0724. The highest BCUT2D eigenvalue weighted by Gasteiger charge is 2.12. The van der Waals surface area contributed by atoms with Gasteiger partial charge in [0, 0.05) is 17.2 Å². The van der Waals surface area contributed by atoms with Crippen molar-refractivity contribution in [2.24, 2.45) is 0 Å². The number of carbonyl (C=O) groups is 1. The first-order valence-corrected chi connectivity index (χ1v) is 5.42. The van der Waals surface area contributed by atoms with Crippen LogP contribution in [0.3, 0.4) is 0 Å². The predicted molar refractivity (Wildman–Crippen MR) is 65.2 cm³/mol. The maximum absolute atomic E-state index is 11.0. The minimum atomic E-state index is -0.545. The van der Waals surface area contributed by atoms with Gasteiger partial charge in [-0.05, 0) is 11.6 Å². The van der Waals surface area contributed by atoms with Crippen LogP contribution < -0.4 is 0 Å². The molecule has 1 aromatic rings. The molecule has 0 atom stereocenters. The number of hydrogen-bond donors (Lipinski definition) is 0. The van der Waals surface area contributed by atoms with E-state index in [2.05, 4.69) is 4.74 Å². The van der Waals surface area contributed by atoms with E-state index in [4.69, 9.17) is 11.6 Å². The van der Waals surface area contributed by atoms with Gasteiger partial charge in [0.15, 0.2) is 0 Å². The van der Waals surface area contributed by atoms with Crippen molar-refractivity contribution in [2.75, 3.05) is 7.11 Å². The number of esters is 1. The first-order chi connectivity index (χ1) is 8.04. The fourth-order valence-corrected chi connectivity index (χ4v) is 1.22. The Morgan fingerprint density at radius 1 is 1.47 bits per heavy atom. The van der Waals surface area contributed by atoms with Crippen LogP contribution >= 0.6 is 11.6 Å². The van der Waals surface area contributed by atoms with E-state index < -0.39 is 10.9 Å². The van der Waals surface area contributed by atoms with E-state index in [1.165, 1.54) is 25.3 Å².